The summed E-state index contributed by atoms with van der Waals surface area (Å²) in [4.78, 5) is 11.6. The number of rotatable bonds is 3. The molecule has 1 aromatic rings. The standard InChI is InChI=1S/C14H14O5/c15-14(19-11-5-6-16-8-11)4-2-10-1-3-12-13(7-10)18-9-17-12/h1-4,7,11H,5-6,8-9H2/b4-2+. The van der Waals surface area contributed by atoms with Gasteiger partial charge in [-0.15, -0.1) is 0 Å². The monoisotopic (exact) mass is 262 g/mol. The minimum Gasteiger partial charge on any atom is -0.457 e. The predicted octanol–water partition coefficient (Wildman–Crippen LogP) is 1.76. The van der Waals surface area contributed by atoms with E-state index in [-0.39, 0.29) is 18.9 Å². The quantitative estimate of drug-likeness (QED) is 0.613. The number of carbonyl (C=O) groups is 1. The molecule has 5 heteroatoms. The van der Waals surface area contributed by atoms with Crippen molar-refractivity contribution in [2.75, 3.05) is 20.0 Å². The number of ether oxygens (including phenoxy) is 4. The van der Waals surface area contributed by atoms with E-state index >= 15 is 0 Å². The molecule has 0 amide bonds. The molecule has 1 saturated heterocycles. The molecule has 1 aromatic carbocycles. The summed E-state index contributed by atoms with van der Waals surface area (Å²) in [5.74, 6) is 1.07. The van der Waals surface area contributed by atoms with Gasteiger partial charge in [0.25, 0.3) is 0 Å². The Morgan fingerprint density at radius 3 is 3.05 bits per heavy atom. The predicted molar refractivity (Wildman–Crippen MR) is 66.9 cm³/mol. The van der Waals surface area contributed by atoms with Crippen molar-refractivity contribution in [3.63, 3.8) is 0 Å². The SMILES string of the molecule is O=C(/C=C/c1ccc2c(c1)OCO2)OC1CCOC1. The Labute approximate surface area is 110 Å². The van der Waals surface area contributed by atoms with Gasteiger partial charge in [-0.1, -0.05) is 6.07 Å². The third-order valence-corrected chi connectivity index (χ3v) is 2.98. The molecule has 1 unspecified atom stereocenters. The largest absolute Gasteiger partial charge is 0.457 e. The molecule has 0 N–H and O–H groups in total. The summed E-state index contributed by atoms with van der Waals surface area (Å²) in [6, 6.07) is 5.50. The van der Waals surface area contributed by atoms with Crippen LogP contribution in [0, 0.1) is 0 Å². The molecule has 0 bridgehead atoms. The Hall–Kier alpha value is -2.01. The number of esters is 1. The van der Waals surface area contributed by atoms with Crippen molar-refractivity contribution in [3.05, 3.63) is 29.8 Å². The van der Waals surface area contributed by atoms with Crippen LogP contribution in [0.4, 0.5) is 0 Å². The summed E-state index contributed by atoms with van der Waals surface area (Å²) >= 11 is 0. The van der Waals surface area contributed by atoms with Crippen LogP contribution < -0.4 is 9.47 Å². The molecule has 0 spiro atoms. The third kappa shape index (κ3) is 2.88. The Kier molecular flexibility index (Phi) is 3.37. The maximum absolute atomic E-state index is 11.6. The van der Waals surface area contributed by atoms with E-state index in [9.17, 15) is 4.79 Å². The van der Waals surface area contributed by atoms with Gasteiger partial charge < -0.3 is 18.9 Å². The van der Waals surface area contributed by atoms with Crippen LogP contribution in [0.2, 0.25) is 0 Å². The fourth-order valence-electron chi connectivity index (χ4n) is 1.99. The van der Waals surface area contributed by atoms with Crippen molar-refractivity contribution in [1.29, 1.82) is 0 Å². The molecule has 1 fully saturated rings. The number of benzene rings is 1. The molecule has 100 valence electrons. The summed E-state index contributed by atoms with van der Waals surface area (Å²) in [6.07, 6.45) is 3.76. The molecule has 3 rings (SSSR count). The van der Waals surface area contributed by atoms with Crippen LogP contribution >= 0.6 is 0 Å². The highest BCUT2D eigenvalue weighted by atomic mass is 16.7. The molecule has 0 saturated carbocycles. The number of fused-ring (bicyclic) bond motifs is 1. The van der Waals surface area contributed by atoms with Gasteiger partial charge in [0.2, 0.25) is 6.79 Å². The van der Waals surface area contributed by atoms with Gasteiger partial charge in [0.05, 0.1) is 13.2 Å². The summed E-state index contributed by atoms with van der Waals surface area (Å²) in [5.41, 5.74) is 0.865. The highest BCUT2D eigenvalue weighted by molar-refractivity contribution is 5.87. The first-order chi connectivity index (χ1) is 9.31. The molecular formula is C14H14O5. The third-order valence-electron chi connectivity index (χ3n) is 2.98. The van der Waals surface area contributed by atoms with Crippen LogP contribution in [0.15, 0.2) is 24.3 Å². The van der Waals surface area contributed by atoms with Crippen LogP contribution in [0.3, 0.4) is 0 Å². The van der Waals surface area contributed by atoms with Crippen molar-refractivity contribution in [3.8, 4) is 11.5 Å². The van der Waals surface area contributed by atoms with Crippen molar-refractivity contribution >= 4 is 12.0 Å². The van der Waals surface area contributed by atoms with Gasteiger partial charge >= 0.3 is 5.97 Å². The normalized spacial score (nSPS) is 20.9. The molecule has 2 aliphatic heterocycles. The Morgan fingerprint density at radius 2 is 2.21 bits per heavy atom. The van der Waals surface area contributed by atoms with Crippen molar-refractivity contribution < 1.29 is 23.7 Å². The lowest BCUT2D eigenvalue weighted by Gasteiger charge is -2.07. The van der Waals surface area contributed by atoms with Crippen molar-refractivity contribution in [1.82, 2.24) is 0 Å². The van der Waals surface area contributed by atoms with E-state index in [1.54, 1.807) is 6.08 Å². The van der Waals surface area contributed by atoms with Crippen molar-refractivity contribution in [2.24, 2.45) is 0 Å². The Morgan fingerprint density at radius 1 is 1.32 bits per heavy atom. The maximum atomic E-state index is 11.6. The lowest BCUT2D eigenvalue weighted by Crippen LogP contribution is -2.16. The van der Waals surface area contributed by atoms with Crippen LogP contribution in [0.25, 0.3) is 6.08 Å². The smallest absolute Gasteiger partial charge is 0.331 e. The van der Waals surface area contributed by atoms with Crippen molar-refractivity contribution in [2.45, 2.75) is 12.5 Å². The highest BCUT2D eigenvalue weighted by Gasteiger charge is 2.18. The molecule has 2 heterocycles. The topological polar surface area (TPSA) is 54.0 Å². The zero-order valence-corrected chi connectivity index (χ0v) is 10.3. The second-order valence-corrected chi connectivity index (χ2v) is 4.37. The molecule has 0 aromatic heterocycles. The summed E-state index contributed by atoms with van der Waals surface area (Å²) < 4.78 is 20.8. The van der Waals surface area contributed by atoms with Gasteiger partial charge in [-0.25, -0.2) is 4.79 Å². The molecule has 19 heavy (non-hydrogen) atoms. The Balaban J connectivity index is 1.60. The molecule has 2 aliphatic rings. The second-order valence-electron chi connectivity index (χ2n) is 4.37. The van der Waals surface area contributed by atoms with Gasteiger partial charge in [-0.05, 0) is 23.8 Å². The fraction of sp³-hybridized carbons (Fsp3) is 0.357. The summed E-state index contributed by atoms with van der Waals surface area (Å²) in [6.45, 7) is 1.39. The average molecular weight is 262 g/mol. The van der Waals surface area contributed by atoms with E-state index in [2.05, 4.69) is 0 Å². The number of hydrogen-bond acceptors (Lipinski definition) is 5. The maximum Gasteiger partial charge on any atom is 0.331 e. The van der Waals surface area contributed by atoms with Gasteiger partial charge in [0, 0.05) is 12.5 Å². The first-order valence-corrected chi connectivity index (χ1v) is 6.17. The van der Waals surface area contributed by atoms with E-state index in [0.29, 0.717) is 19.0 Å². The van der Waals surface area contributed by atoms with E-state index in [0.717, 1.165) is 17.7 Å². The Bertz CT molecular complexity index is 503. The van der Waals surface area contributed by atoms with Gasteiger partial charge in [0.15, 0.2) is 11.5 Å². The lowest BCUT2D eigenvalue weighted by atomic mass is 10.2. The van der Waals surface area contributed by atoms with Crippen LogP contribution in [-0.2, 0) is 14.3 Å². The van der Waals surface area contributed by atoms with E-state index in [4.69, 9.17) is 18.9 Å². The zero-order valence-electron chi connectivity index (χ0n) is 10.3. The second kappa shape index (κ2) is 5.32. The molecular weight excluding hydrogens is 248 g/mol. The average Bonchev–Trinajstić information content (AvgIpc) is 3.06. The molecule has 1 atom stereocenters. The molecule has 0 radical (unpaired) electrons. The number of carbonyl (C=O) groups excluding carboxylic acids is 1. The molecule has 5 nitrogen and oxygen atoms in total. The first-order valence-electron chi connectivity index (χ1n) is 6.17. The van der Waals surface area contributed by atoms with Gasteiger partial charge in [-0.3, -0.25) is 0 Å². The van der Waals surface area contributed by atoms with E-state index in [1.807, 2.05) is 18.2 Å². The minimum absolute atomic E-state index is 0.117. The van der Waals surface area contributed by atoms with Gasteiger partial charge in [-0.2, -0.15) is 0 Å². The summed E-state index contributed by atoms with van der Waals surface area (Å²) in [7, 11) is 0. The van der Waals surface area contributed by atoms with E-state index < -0.39 is 0 Å². The first kappa shape index (κ1) is 12.0. The highest BCUT2D eigenvalue weighted by Crippen LogP contribution is 2.32. The van der Waals surface area contributed by atoms with Crippen LogP contribution in [0.1, 0.15) is 12.0 Å². The fourth-order valence-corrected chi connectivity index (χ4v) is 1.99. The lowest BCUT2D eigenvalue weighted by molar-refractivity contribution is -0.142. The minimum atomic E-state index is -0.354. The molecule has 0 aliphatic carbocycles. The number of hydrogen-bond donors (Lipinski definition) is 0. The van der Waals surface area contributed by atoms with E-state index in [1.165, 1.54) is 6.08 Å². The van der Waals surface area contributed by atoms with Gasteiger partial charge in [0.1, 0.15) is 6.10 Å². The zero-order chi connectivity index (χ0) is 13.1. The summed E-state index contributed by atoms with van der Waals surface area (Å²) in [5, 5.41) is 0. The van der Waals surface area contributed by atoms with Crippen LogP contribution in [-0.4, -0.2) is 32.1 Å². The van der Waals surface area contributed by atoms with Crippen LogP contribution in [0.5, 0.6) is 11.5 Å².